The van der Waals surface area contributed by atoms with Crippen LogP contribution >= 0.6 is 0 Å². The minimum absolute atomic E-state index is 0. The predicted molar refractivity (Wildman–Crippen MR) is 319 cm³/mol. The normalized spacial score (nSPS) is 14.7. The molecule has 0 spiro atoms. The second-order valence-electron chi connectivity index (χ2n) is 22.4. The molecule has 0 unspecified atom stereocenters. The van der Waals surface area contributed by atoms with Gasteiger partial charge in [0, 0.05) is 90.8 Å². The maximum absolute atomic E-state index is 12.7. The number of carbonyl (C=O) groups excluding carboxylic acids is 6. The van der Waals surface area contributed by atoms with E-state index in [4.69, 9.17) is 24.1 Å². The Morgan fingerprint density at radius 3 is 1.61 bits per heavy atom. The first kappa shape index (κ1) is 76.1. The molecule has 0 radical (unpaired) electrons. The summed E-state index contributed by atoms with van der Waals surface area (Å²) in [6.07, 6.45) is 33.3. The first-order chi connectivity index (χ1) is 40.1. The van der Waals surface area contributed by atoms with Crippen molar-refractivity contribution in [1.82, 2.24) is 20.6 Å². The average Bonchev–Trinajstić information content (AvgIpc) is 4.05. The molecular weight excluding hydrogens is 1070 g/mol. The number of ether oxygens (including phenoxy) is 4. The van der Waals surface area contributed by atoms with Crippen molar-refractivity contribution in [2.75, 3.05) is 66.4 Å². The van der Waals surface area contributed by atoms with Gasteiger partial charge in [-0.2, -0.15) is 0 Å². The number of nitrogens with one attached hydrogen (secondary N) is 3. The van der Waals surface area contributed by atoms with E-state index in [9.17, 15) is 53.4 Å². The lowest BCUT2D eigenvalue weighted by atomic mass is 9.76. The van der Waals surface area contributed by atoms with Gasteiger partial charge in [0.15, 0.2) is 5.78 Å². The number of ketones is 4. The minimum Gasteiger partial charge on any atom is -0.481 e. The van der Waals surface area contributed by atoms with Crippen LogP contribution in [0, 0.1) is 23.7 Å². The van der Waals surface area contributed by atoms with Crippen LogP contribution < -0.4 is 10.6 Å². The number of unbranched alkanes of at least 4 members (excludes halogenated alkanes) is 17. The van der Waals surface area contributed by atoms with Crippen LogP contribution in [0.1, 0.15) is 239 Å². The molecule has 1 aliphatic carbocycles. The third-order valence-electron chi connectivity index (χ3n) is 15.2. The van der Waals surface area contributed by atoms with Crippen LogP contribution in [0.5, 0.6) is 0 Å². The number of carbonyl (C=O) groups is 9. The van der Waals surface area contributed by atoms with Crippen molar-refractivity contribution in [3.63, 3.8) is 0 Å². The number of hydrogen-bond acceptors (Lipinski definition) is 14. The van der Waals surface area contributed by atoms with E-state index >= 15 is 0 Å². The maximum atomic E-state index is 12.7. The smallest absolute Gasteiger partial charge is 0.306 e. The van der Waals surface area contributed by atoms with Crippen LogP contribution in [0.25, 0.3) is 0 Å². The Balaban J connectivity index is 0.00000163. The van der Waals surface area contributed by atoms with Gasteiger partial charge >= 0.3 is 17.9 Å². The molecule has 0 saturated heterocycles. The number of H-pyrrole nitrogens is 1. The van der Waals surface area contributed by atoms with Gasteiger partial charge in [0.05, 0.1) is 51.2 Å². The highest BCUT2D eigenvalue weighted by atomic mass is 16.5. The van der Waals surface area contributed by atoms with Gasteiger partial charge in [-0.1, -0.05) is 110 Å². The Bertz CT molecular complexity index is 1900. The van der Waals surface area contributed by atoms with Gasteiger partial charge < -0.3 is 49.9 Å². The Morgan fingerprint density at radius 1 is 0.554 bits per heavy atom. The molecule has 2 amide bonds. The van der Waals surface area contributed by atoms with Gasteiger partial charge in [0.2, 0.25) is 11.8 Å². The second kappa shape index (κ2) is 52.6. The number of aromatic nitrogens is 2. The summed E-state index contributed by atoms with van der Waals surface area (Å²) in [6, 6.07) is 0. The quantitative estimate of drug-likeness (QED) is 0.0330. The van der Waals surface area contributed by atoms with Crippen molar-refractivity contribution in [1.29, 1.82) is 0 Å². The van der Waals surface area contributed by atoms with E-state index in [0.29, 0.717) is 109 Å². The number of hydrogen-bond donors (Lipinski definition) is 6. The van der Waals surface area contributed by atoms with Crippen molar-refractivity contribution >= 4 is 52.9 Å². The Morgan fingerprint density at radius 2 is 1.07 bits per heavy atom. The molecule has 1 aliphatic rings. The zero-order valence-corrected chi connectivity index (χ0v) is 50.9. The number of nitrogens with zero attached hydrogens (tertiary/aromatic N) is 1. The standard InChI is InChI=1S/C36H63NO7.C27H45N3O9.H2/c1-37-34(40)27-25-31(36(43)44)28-33(39)30-23-20-29(21-24-30)22-26-32(38)18-16-14-12-10-8-6-4-2-3-5-7-9-11-13-15-17-19-35(41)42;1-2-11-36-13-16-39-20-26(33)29-10-12-37-14-15-38-19-25(32)7-5-3-4-6-22(27(34)35)17-24(31)9-8-23-18-28-21-30-23;/h29-31H,2-28H2,1H3,(H,37,40)(H,41,42)(H,43,44);18,21-22H,2-17,19-20H2,1H3,(H,28,30)(H,29,33)(H,34,35);1H/t29?,30?,31-;22-;/m11./s1. The van der Waals surface area contributed by atoms with Crippen LogP contribution in [-0.2, 0) is 68.5 Å². The molecule has 1 heterocycles. The first-order valence-electron chi connectivity index (χ1n) is 31.7. The van der Waals surface area contributed by atoms with Crippen molar-refractivity contribution in [2.45, 2.75) is 238 Å². The second-order valence-corrected chi connectivity index (χ2v) is 22.4. The summed E-state index contributed by atoms with van der Waals surface area (Å²) in [5, 5.41) is 32.7. The van der Waals surface area contributed by atoms with Crippen LogP contribution in [0.2, 0.25) is 0 Å². The topological polar surface area (TPSA) is 304 Å². The van der Waals surface area contributed by atoms with Crippen molar-refractivity contribution in [3.05, 3.63) is 18.2 Å². The number of aliphatic carboxylic acids is 3. The number of carboxylic acids is 3. The molecule has 0 bridgehead atoms. The summed E-state index contributed by atoms with van der Waals surface area (Å²) >= 11 is 0. The molecule has 0 aromatic carbocycles. The van der Waals surface area contributed by atoms with Gasteiger partial charge in [0.1, 0.15) is 30.6 Å². The number of carboxylic acid groups (broad SMARTS) is 3. The molecule has 6 N–H and O–H groups in total. The van der Waals surface area contributed by atoms with E-state index in [1.807, 2.05) is 6.92 Å². The highest BCUT2D eigenvalue weighted by molar-refractivity contribution is 5.86. The Hall–Kier alpha value is -4.92. The lowest BCUT2D eigenvalue weighted by Crippen LogP contribution is -2.31. The Kier molecular flexibility index (Phi) is 48.2. The van der Waals surface area contributed by atoms with Crippen molar-refractivity contribution in [3.8, 4) is 0 Å². The molecule has 83 heavy (non-hydrogen) atoms. The molecule has 2 atom stereocenters. The van der Waals surface area contributed by atoms with E-state index in [2.05, 4.69) is 20.6 Å². The molecule has 0 aliphatic heterocycles. The largest absolute Gasteiger partial charge is 0.481 e. The fourth-order valence-electron chi connectivity index (χ4n) is 10.1. The van der Waals surface area contributed by atoms with Gasteiger partial charge in [-0.25, -0.2) is 4.98 Å². The zero-order valence-electron chi connectivity index (χ0n) is 50.9. The molecule has 20 nitrogen and oxygen atoms in total. The highest BCUT2D eigenvalue weighted by Crippen LogP contribution is 2.34. The van der Waals surface area contributed by atoms with E-state index < -0.39 is 29.7 Å². The van der Waals surface area contributed by atoms with E-state index in [1.165, 1.54) is 77.7 Å². The molecule has 1 aromatic rings. The fraction of sp³-hybridized carbons (Fsp3) is 0.810. The molecule has 1 fully saturated rings. The van der Waals surface area contributed by atoms with Crippen LogP contribution in [0.4, 0.5) is 0 Å². The first-order valence-corrected chi connectivity index (χ1v) is 31.7. The minimum atomic E-state index is -1.01. The predicted octanol–water partition coefficient (Wildman–Crippen LogP) is 10.8. The maximum Gasteiger partial charge on any atom is 0.306 e. The molecule has 20 heteroatoms. The monoisotopic (exact) mass is 1180 g/mol. The van der Waals surface area contributed by atoms with Crippen LogP contribution in [0.15, 0.2) is 12.5 Å². The summed E-state index contributed by atoms with van der Waals surface area (Å²) in [5.41, 5.74) is 0.850. The zero-order chi connectivity index (χ0) is 61.0. The summed E-state index contributed by atoms with van der Waals surface area (Å²) in [5.74, 6) is -3.92. The van der Waals surface area contributed by atoms with Crippen LogP contribution in [-0.4, -0.2) is 145 Å². The summed E-state index contributed by atoms with van der Waals surface area (Å²) < 4.78 is 21.1. The third kappa shape index (κ3) is 46.1. The number of imidazole rings is 1. The number of rotatable bonds is 56. The van der Waals surface area contributed by atoms with Gasteiger partial charge in [-0.15, -0.1) is 0 Å². The molecule has 478 valence electrons. The van der Waals surface area contributed by atoms with Gasteiger partial charge in [0.25, 0.3) is 0 Å². The number of amides is 2. The molecule has 2 rings (SSSR count). The molecule has 1 saturated carbocycles. The third-order valence-corrected chi connectivity index (χ3v) is 15.2. The van der Waals surface area contributed by atoms with Crippen molar-refractivity contribution < 1.29 is 78.8 Å². The Labute approximate surface area is 497 Å². The molecular formula is C63H110N4O16. The van der Waals surface area contributed by atoms with E-state index in [-0.39, 0.29) is 88.4 Å². The lowest BCUT2D eigenvalue weighted by Gasteiger charge is -2.28. The van der Waals surface area contributed by atoms with Gasteiger partial charge in [-0.3, -0.25) is 43.2 Å². The van der Waals surface area contributed by atoms with Gasteiger partial charge in [-0.05, 0) is 83.0 Å². The fourth-order valence-corrected chi connectivity index (χ4v) is 10.1. The summed E-state index contributed by atoms with van der Waals surface area (Å²) in [7, 11) is 1.52. The van der Waals surface area contributed by atoms with Crippen LogP contribution in [0.3, 0.4) is 0 Å². The summed E-state index contributed by atoms with van der Waals surface area (Å²) in [6.45, 7) is 4.80. The summed E-state index contributed by atoms with van der Waals surface area (Å²) in [4.78, 5) is 113. The van der Waals surface area contributed by atoms with Crippen molar-refractivity contribution in [2.24, 2.45) is 23.7 Å². The number of Topliss-reactive ketones (excluding diaryl/α,β-unsaturated/α-hetero) is 4. The SMILES string of the molecule is CCCOCCOCC(=O)NCCOCCOCC(=O)CCCCC[C@H](CC(=O)CCc1cnc[nH]1)C(=O)O.CNC(=O)CC[C@H](CC(=O)C1CCC(CCC(=O)CCCCCCCCCCCCCCCCCCC(=O)O)CC1)C(=O)O.[HH]. The molecule has 1 aromatic heterocycles. The number of aromatic amines is 1. The average molecular weight is 1180 g/mol. The highest BCUT2D eigenvalue weighted by Gasteiger charge is 2.30. The lowest BCUT2D eigenvalue weighted by molar-refractivity contribution is -0.145. The van der Waals surface area contributed by atoms with E-state index in [1.54, 1.807) is 12.5 Å². The van der Waals surface area contributed by atoms with E-state index in [0.717, 1.165) is 76.3 Å². The number of aryl methyl sites for hydroxylation is 1.